The second-order valence-corrected chi connectivity index (χ2v) is 2.13. The number of carboxylic acids is 1. The Morgan fingerprint density at radius 1 is 1.85 bits per heavy atom. The minimum atomic E-state index is -2.72. The van der Waals surface area contributed by atoms with E-state index in [1.54, 1.807) is 0 Å². The topological polar surface area (TPSA) is 75.6 Å². The van der Waals surface area contributed by atoms with Crippen LogP contribution in [-0.2, 0) is 14.3 Å². The van der Waals surface area contributed by atoms with E-state index in [0.717, 1.165) is 12.3 Å². The largest absolute Gasteiger partial charge is 0.494 e. The fraction of sp³-hybridized carbons (Fsp3) is 0.125. The van der Waals surface area contributed by atoms with Gasteiger partial charge in [-0.3, -0.25) is 0 Å². The van der Waals surface area contributed by atoms with Crippen LogP contribution in [0.3, 0.4) is 0 Å². The SMILES string of the molecule is [2H]C([2H])([2H])OC1=CNC(C(=O)O)=CC1=C=O. The molecular weight excluding hydrogens is 174 g/mol. The number of ether oxygens (including phenoxy) is 1. The summed E-state index contributed by atoms with van der Waals surface area (Å²) in [5, 5.41) is 10.9. The molecule has 68 valence electrons. The van der Waals surface area contributed by atoms with Crippen LogP contribution in [0.2, 0.25) is 0 Å². The number of methoxy groups -OCH3 is 1. The van der Waals surface area contributed by atoms with Gasteiger partial charge in [-0.2, -0.15) is 0 Å². The lowest BCUT2D eigenvalue weighted by Crippen LogP contribution is -2.19. The number of allylic oxidation sites excluding steroid dienone is 1. The lowest BCUT2D eigenvalue weighted by Gasteiger charge is -2.11. The second-order valence-electron chi connectivity index (χ2n) is 2.13. The molecule has 0 fully saturated rings. The fourth-order valence-electron chi connectivity index (χ4n) is 0.766. The number of hydrogen-bond donors (Lipinski definition) is 2. The van der Waals surface area contributed by atoms with E-state index >= 15 is 0 Å². The zero-order valence-corrected chi connectivity index (χ0v) is 6.33. The molecule has 2 N–H and O–H groups in total. The van der Waals surface area contributed by atoms with Gasteiger partial charge in [0, 0.05) is 6.20 Å². The van der Waals surface area contributed by atoms with Gasteiger partial charge in [0.2, 0.25) is 0 Å². The molecule has 5 nitrogen and oxygen atoms in total. The van der Waals surface area contributed by atoms with E-state index in [9.17, 15) is 9.59 Å². The molecule has 1 aliphatic heterocycles. The molecule has 0 amide bonds. The van der Waals surface area contributed by atoms with Crippen molar-refractivity contribution in [1.82, 2.24) is 5.32 Å². The molecule has 0 radical (unpaired) electrons. The van der Waals surface area contributed by atoms with Gasteiger partial charge in [0.05, 0.1) is 11.2 Å². The van der Waals surface area contributed by atoms with Crippen LogP contribution in [-0.4, -0.2) is 24.1 Å². The van der Waals surface area contributed by atoms with E-state index in [1.807, 2.05) is 0 Å². The van der Waals surface area contributed by atoms with Crippen LogP contribution >= 0.6 is 0 Å². The first-order valence-corrected chi connectivity index (χ1v) is 3.19. The molecule has 0 spiro atoms. The van der Waals surface area contributed by atoms with Crippen molar-refractivity contribution in [3.63, 3.8) is 0 Å². The predicted octanol–water partition coefficient (Wildman–Crippen LogP) is -0.196. The summed E-state index contributed by atoms with van der Waals surface area (Å²) in [6.07, 6.45) is 1.92. The summed E-state index contributed by atoms with van der Waals surface area (Å²) in [7, 11) is -2.72. The van der Waals surface area contributed by atoms with E-state index in [0.29, 0.717) is 0 Å². The molecule has 0 atom stereocenters. The summed E-state index contributed by atoms with van der Waals surface area (Å²) in [6, 6.07) is 0. The van der Waals surface area contributed by atoms with Crippen molar-refractivity contribution in [2.45, 2.75) is 0 Å². The summed E-state index contributed by atoms with van der Waals surface area (Å²) >= 11 is 0. The standard InChI is InChI=1S/C8H7NO4/c1-13-7-3-9-6(8(11)12)2-5(7)4-10/h2-3,9H,1H3,(H,11,12)/i1D3. The first-order valence-electron chi connectivity index (χ1n) is 4.69. The monoisotopic (exact) mass is 184 g/mol. The molecule has 0 saturated heterocycles. The number of dihydropyridines is 1. The number of carbonyl (C=O) groups excluding carboxylic acids is 1. The molecule has 5 heteroatoms. The predicted molar refractivity (Wildman–Crippen MR) is 43.2 cm³/mol. The summed E-state index contributed by atoms with van der Waals surface area (Å²) in [5.41, 5.74) is -0.538. The van der Waals surface area contributed by atoms with Gasteiger partial charge >= 0.3 is 5.97 Å². The molecule has 0 aromatic heterocycles. The fourth-order valence-corrected chi connectivity index (χ4v) is 0.766. The molecular formula is C8H7NO4. The molecule has 13 heavy (non-hydrogen) atoms. The Morgan fingerprint density at radius 2 is 2.62 bits per heavy atom. The van der Waals surface area contributed by atoms with Crippen molar-refractivity contribution in [1.29, 1.82) is 0 Å². The lowest BCUT2D eigenvalue weighted by molar-refractivity contribution is -0.133. The summed E-state index contributed by atoms with van der Waals surface area (Å²) in [5.74, 6) is -0.153. The van der Waals surface area contributed by atoms with E-state index in [1.165, 1.54) is 5.94 Å². The maximum atomic E-state index is 10.6. The van der Waals surface area contributed by atoms with Crippen LogP contribution in [0.4, 0.5) is 0 Å². The third-order valence-electron chi connectivity index (χ3n) is 1.36. The Balaban J connectivity index is 2.94. The first-order chi connectivity index (χ1) is 7.33. The van der Waals surface area contributed by atoms with Gasteiger partial charge in [-0.25, -0.2) is 9.59 Å². The van der Waals surface area contributed by atoms with Gasteiger partial charge in [-0.05, 0) is 6.08 Å². The van der Waals surface area contributed by atoms with Crippen molar-refractivity contribution >= 4 is 11.9 Å². The minimum absolute atomic E-state index is 0.267. The summed E-state index contributed by atoms with van der Waals surface area (Å²) < 4.78 is 25.0. The van der Waals surface area contributed by atoms with Crippen LogP contribution < -0.4 is 5.32 Å². The molecule has 0 aromatic carbocycles. The lowest BCUT2D eigenvalue weighted by atomic mass is 10.1. The van der Waals surface area contributed by atoms with E-state index in [-0.39, 0.29) is 17.0 Å². The van der Waals surface area contributed by atoms with Gasteiger partial charge < -0.3 is 15.2 Å². The third-order valence-corrected chi connectivity index (χ3v) is 1.36. The molecule has 1 heterocycles. The van der Waals surface area contributed by atoms with Gasteiger partial charge in [0.1, 0.15) is 17.2 Å². The van der Waals surface area contributed by atoms with Crippen molar-refractivity contribution in [2.75, 3.05) is 7.04 Å². The highest BCUT2D eigenvalue weighted by atomic mass is 16.5. The average Bonchev–Trinajstić information content (AvgIpc) is 2.15. The number of hydrogen-bond acceptors (Lipinski definition) is 4. The minimum Gasteiger partial charge on any atom is -0.494 e. The van der Waals surface area contributed by atoms with E-state index in [4.69, 9.17) is 9.22 Å². The van der Waals surface area contributed by atoms with Gasteiger partial charge in [0.15, 0.2) is 5.76 Å². The summed E-state index contributed by atoms with van der Waals surface area (Å²) in [6.45, 7) is 0. The van der Waals surface area contributed by atoms with Crippen LogP contribution in [0, 0.1) is 0 Å². The highest BCUT2D eigenvalue weighted by Crippen LogP contribution is 2.14. The molecule has 1 rings (SSSR count). The molecule has 0 saturated carbocycles. The normalized spacial score (nSPS) is 19.4. The molecule has 1 aliphatic rings. The first kappa shape index (κ1) is 5.61. The second kappa shape index (κ2) is 3.60. The van der Waals surface area contributed by atoms with Gasteiger partial charge in [0.25, 0.3) is 0 Å². The summed E-state index contributed by atoms with van der Waals surface area (Å²) in [4.78, 5) is 21.0. The number of nitrogens with one attached hydrogen (secondary N) is 1. The highest BCUT2D eigenvalue weighted by Gasteiger charge is 2.15. The van der Waals surface area contributed by atoms with Crippen LogP contribution in [0.1, 0.15) is 4.11 Å². The molecule has 0 aliphatic carbocycles. The highest BCUT2D eigenvalue weighted by molar-refractivity contribution is 5.88. The average molecular weight is 184 g/mol. The van der Waals surface area contributed by atoms with Gasteiger partial charge in [-0.1, -0.05) is 0 Å². The quantitative estimate of drug-likeness (QED) is 0.581. The Labute approximate surface area is 78.2 Å². The van der Waals surface area contributed by atoms with Gasteiger partial charge in [-0.15, -0.1) is 0 Å². The Morgan fingerprint density at radius 3 is 3.15 bits per heavy atom. The van der Waals surface area contributed by atoms with Crippen LogP contribution in [0.5, 0.6) is 0 Å². The number of carbonyl (C=O) groups is 1. The molecule has 0 aromatic rings. The number of rotatable bonds is 2. The maximum Gasteiger partial charge on any atom is 0.352 e. The van der Waals surface area contributed by atoms with Crippen molar-refractivity contribution in [2.24, 2.45) is 0 Å². The Bertz CT molecular complexity index is 429. The molecule has 0 bridgehead atoms. The Kier molecular flexibility index (Phi) is 1.55. The smallest absolute Gasteiger partial charge is 0.352 e. The van der Waals surface area contributed by atoms with Crippen LogP contribution in [0.15, 0.2) is 29.3 Å². The van der Waals surface area contributed by atoms with Crippen molar-refractivity contribution in [3.8, 4) is 0 Å². The van der Waals surface area contributed by atoms with Crippen molar-refractivity contribution < 1.29 is 23.5 Å². The molecule has 0 unspecified atom stereocenters. The Hall–Kier alpha value is -2.00. The maximum absolute atomic E-state index is 10.6. The number of aliphatic carboxylic acids is 1. The van der Waals surface area contributed by atoms with E-state index < -0.39 is 13.0 Å². The third kappa shape index (κ3) is 1.77. The zero-order valence-electron chi connectivity index (χ0n) is 9.33. The van der Waals surface area contributed by atoms with Crippen molar-refractivity contribution in [3.05, 3.63) is 29.3 Å². The van der Waals surface area contributed by atoms with E-state index in [2.05, 4.69) is 10.1 Å². The number of carboxylic acid groups (broad SMARTS) is 1. The zero-order chi connectivity index (χ0) is 12.3. The van der Waals surface area contributed by atoms with Crippen LogP contribution in [0.25, 0.3) is 0 Å².